The molecule has 0 heterocycles. The second kappa shape index (κ2) is 5.39. The zero-order valence-corrected chi connectivity index (χ0v) is 10.1. The van der Waals surface area contributed by atoms with Gasteiger partial charge in [0.2, 0.25) is 0 Å². The van der Waals surface area contributed by atoms with E-state index in [1.165, 1.54) is 12.1 Å². The van der Waals surface area contributed by atoms with Gasteiger partial charge in [0.25, 0.3) is 5.91 Å². The van der Waals surface area contributed by atoms with Crippen molar-refractivity contribution in [3.8, 4) is 5.75 Å². The lowest BCUT2D eigenvalue weighted by Gasteiger charge is -2.08. The van der Waals surface area contributed by atoms with E-state index in [0.717, 1.165) is 11.6 Å². The predicted molar refractivity (Wildman–Crippen MR) is 70.1 cm³/mol. The summed E-state index contributed by atoms with van der Waals surface area (Å²) in [5, 5.41) is 12.0. The Hall–Kier alpha value is -2.56. The van der Waals surface area contributed by atoms with Crippen LogP contribution in [0.2, 0.25) is 0 Å². The number of carbonyl (C=O) groups is 1. The molecule has 0 saturated carbocycles. The Labute approximate surface area is 109 Å². The first-order valence-corrected chi connectivity index (χ1v) is 5.68. The number of nitrogens with one attached hydrogen (secondary N) is 1. The second-order valence-electron chi connectivity index (χ2n) is 4.06. The maximum absolute atomic E-state index is 13.4. The number of nitrogens with two attached hydrogens (primary N) is 1. The minimum atomic E-state index is -0.759. The Morgan fingerprint density at radius 3 is 2.68 bits per heavy atom. The van der Waals surface area contributed by atoms with Crippen LogP contribution in [0.4, 0.5) is 10.1 Å². The first-order valence-electron chi connectivity index (χ1n) is 5.68. The maximum atomic E-state index is 13.4. The van der Waals surface area contributed by atoms with Gasteiger partial charge in [-0.15, -0.1) is 0 Å². The largest absolute Gasteiger partial charge is 0.507 e. The highest BCUT2D eigenvalue weighted by atomic mass is 19.1. The van der Waals surface area contributed by atoms with E-state index in [0.29, 0.717) is 5.69 Å². The highest BCUT2D eigenvalue weighted by molar-refractivity contribution is 5.97. The molecular formula is C14H13FN2O2. The van der Waals surface area contributed by atoms with Crippen molar-refractivity contribution in [2.24, 2.45) is 0 Å². The number of amides is 1. The fraction of sp³-hybridized carbons (Fsp3) is 0.0714. The van der Waals surface area contributed by atoms with Crippen LogP contribution in [-0.4, -0.2) is 11.0 Å². The van der Waals surface area contributed by atoms with Gasteiger partial charge in [0.15, 0.2) is 0 Å². The number of aromatic hydroxyl groups is 1. The molecule has 1 amide bonds. The van der Waals surface area contributed by atoms with Gasteiger partial charge in [-0.25, -0.2) is 4.39 Å². The molecule has 0 spiro atoms. The zero-order valence-electron chi connectivity index (χ0n) is 10.1. The Morgan fingerprint density at radius 1 is 1.26 bits per heavy atom. The lowest BCUT2D eigenvalue weighted by atomic mass is 10.1. The Balaban J connectivity index is 2.10. The number of anilines is 1. The topological polar surface area (TPSA) is 75.3 Å². The van der Waals surface area contributed by atoms with E-state index in [-0.39, 0.29) is 17.9 Å². The number of phenolic OH excluding ortho intramolecular Hbond substituents is 1. The number of hydrogen-bond acceptors (Lipinski definition) is 3. The summed E-state index contributed by atoms with van der Waals surface area (Å²) in [7, 11) is 0. The van der Waals surface area contributed by atoms with Crippen molar-refractivity contribution in [2.45, 2.75) is 6.54 Å². The average Bonchev–Trinajstić information content (AvgIpc) is 2.36. The Kier molecular flexibility index (Phi) is 3.66. The fourth-order valence-electron chi connectivity index (χ4n) is 1.71. The summed E-state index contributed by atoms with van der Waals surface area (Å²) < 4.78 is 13.4. The molecule has 0 aliphatic carbocycles. The van der Waals surface area contributed by atoms with E-state index < -0.39 is 11.7 Å². The molecule has 2 rings (SSSR count). The number of rotatable bonds is 3. The number of carbonyl (C=O) groups excluding carboxylic acids is 1. The van der Waals surface area contributed by atoms with Crippen LogP contribution in [0, 0.1) is 5.82 Å². The number of hydrogen-bond donors (Lipinski definition) is 3. The summed E-state index contributed by atoms with van der Waals surface area (Å²) in [6.07, 6.45) is 0. The van der Waals surface area contributed by atoms with Crippen molar-refractivity contribution >= 4 is 11.6 Å². The van der Waals surface area contributed by atoms with Crippen LogP contribution in [0.1, 0.15) is 15.9 Å². The van der Waals surface area contributed by atoms with Crippen molar-refractivity contribution < 1.29 is 14.3 Å². The number of benzene rings is 2. The normalized spacial score (nSPS) is 10.2. The minimum absolute atomic E-state index is 0.206. The molecule has 2 aromatic rings. The van der Waals surface area contributed by atoms with E-state index >= 15 is 0 Å². The molecule has 0 radical (unpaired) electrons. The smallest absolute Gasteiger partial charge is 0.258 e. The van der Waals surface area contributed by atoms with Gasteiger partial charge in [-0.05, 0) is 29.8 Å². The van der Waals surface area contributed by atoms with Crippen molar-refractivity contribution in [2.75, 3.05) is 5.73 Å². The standard InChI is InChI=1S/C14H13FN2O2/c15-11-5-2-6-12(18)13(11)14(19)17-8-9-3-1-4-10(16)7-9/h1-7,18H,8,16H2,(H,17,19). The summed E-state index contributed by atoms with van der Waals surface area (Å²) in [5.41, 5.74) is 6.64. The minimum Gasteiger partial charge on any atom is -0.507 e. The molecule has 4 N–H and O–H groups in total. The highest BCUT2D eigenvalue weighted by Crippen LogP contribution is 2.19. The van der Waals surface area contributed by atoms with Crippen LogP contribution in [0.15, 0.2) is 42.5 Å². The molecule has 2 aromatic carbocycles. The van der Waals surface area contributed by atoms with Crippen molar-refractivity contribution in [3.05, 3.63) is 59.4 Å². The molecule has 98 valence electrons. The van der Waals surface area contributed by atoms with Crippen LogP contribution in [0.5, 0.6) is 5.75 Å². The molecule has 0 unspecified atom stereocenters. The molecule has 0 saturated heterocycles. The van der Waals surface area contributed by atoms with Gasteiger partial charge in [-0.2, -0.15) is 0 Å². The summed E-state index contributed by atoms with van der Waals surface area (Å²) in [5.74, 6) is -1.81. The quantitative estimate of drug-likeness (QED) is 0.739. The third-order valence-electron chi connectivity index (χ3n) is 2.62. The Bertz CT molecular complexity index is 594. The molecule has 0 aliphatic heterocycles. The molecule has 0 atom stereocenters. The van der Waals surface area contributed by atoms with Crippen molar-refractivity contribution in [1.82, 2.24) is 5.32 Å². The lowest BCUT2D eigenvalue weighted by Crippen LogP contribution is -2.24. The number of nitrogen functional groups attached to an aromatic ring is 1. The van der Waals surface area contributed by atoms with Gasteiger partial charge in [-0.3, -0.25) is 4.79 Å². The lowest BCUT2D eigenvalue weighted by molar-refractivity contribution is 0.0944. The molecule has 0 aromatic heterocycles. The van der Waals surface area contributed by atoms with Crippen LogP contribution in [-0.2, 0) is 6.54 Å². The average molecular weight is 260 g/mol. The summed E-state index contributed by atoms with van der Waals surface area (Å²) in [6.45, 7) is 0.206. The van der Waals surface area contributed by atoms with E-state index in [2.05, 4.69) is 5.32 Å². The van der Waals surface area contributed by atoms with Gasteiger partial charge >= 0.3 is 0 Å². The maximum Gasteiger partial charge on any atom is 0.258 e. The zero-order chi connectivity index (χ0) is 13.8. The summed E-state index contributed by atoms with van der Waals surface area (Å²) in [4.78, 5) is 11.8. The SMILES string of the molecule is Nc1cccc(CNC(=O)c2c(O)cccc2F)c1. The molecule has 0 bridgehead atoms. The van der Waals surface area contributed by atoms with E-state index in [1.807, 2.05) is 0 Å². The van der Waals surface area contributed by atoms with Gasteiger partial charge in [0.05, 0.1) is 0 Å². The van der Waals surface area contributed by atoms with Crippen molar-refractivity contribution in [3.63, 3.8) is 0 Å². The van der Waals surface area contributed by atoms with Gasteiger partial charge in [0, 0.05) is 12.2 Å². The van der Waals surface area contributed by atoms with E-state index in [1.54, 1.807) is 24.3 Å². The van der Waals surface area contributed by atoms with E-state index in [9.17, 15) is 14.3 Å². The van der Waals surface area contributed by atoms with Crippen LogP contribution in [0.3, 0.4) is 0 Å². The molecule has 19 heavy (non-hydrogen) atoms. The van der Waals surface area contributed by atoms with Gasteiger partial charge in [-0.1, -0.05) is 18.2 Å². The molecule has 0 aliphatic rings. The predicted octanol–water partition coefficient (Wildman–Crippen LogP) is 2.04. The Morgan fingerprint density at radius 2 is 2.00 bits per heavy atom. The van der Waals surface area contributed by atoms with Gasteiger partial charge in [0.1, 0.15) is 17.1 Å². The van der Waals surface area contributed by atoms with E-state index in [4.69, 9.17) is 5.73 Å². The molecule has 4 nitrogen and oxygen atoms in total. The van der Waals surface area contributed by atoms with Gasteiger partial charge < -0.3 is 16.2 Å². The van der Waals surface area contributed by atoms with Crippen molar-refractivity contribution in [1.29, 1.82) is 0 Å². The van der Waals surface area contributed by atoms with Crippen LogP contribution < -0.4 is 11.1 Å². The molecule has 5 heteroatoms. The first kappa shape index (κ1) is 12.9. The first-order chi connectivity index (χ1) is 9.08. The fourth-order valence-corrected chi connectivity index (χ4v) is 1.71. The number of halogens is 1. The third-order valence-corrected chi connectivity index (χ3v) is 2.62. The number of phenols is 1. The molecule has 0 fully saturated rings. The van der Waals surface area contributed by atoms with Crippen LogP contribution >= 0.6 is 0 Å². The highest BCUT2D eigenvalue weighted by Gasteiger charge is 2.15. The second-order valence-corrected chi connectivity index (χ2v) is 4.06. The summed E-state index contributed by atoms with van der Waals surface area (Å²) >= 11 is 0. The summed E-state index contributed by atoms with van der Waals surface area (Å²) in [6, 6.07) is 10.7. The molecular weight excluding hydrogens is 247 g/mol. The third kappa shape index (κ3) is 3.01. The van der Waals surface area contributed by atoms with Crippen LogP contribution in [0.25, 0.3) is 0 Å². The monoisotopic (exact) mass is 260 g/mol.